The van der Waals surface area contributed by atoms with Gasteiger partial charge in [0.25, 0.3) is 0 Å². The van der Waals surface area contributed by atoms with E-state index in [4.69, 9.17) is 0 Å². The van der Waals surface area contributed by atoms with Crippen LogP contribution in [0.2, 0.25) is 0 Å². The number of aliphatic hydroxyl groups is 1. The molecule has 0 aromatic heterocycles. The summed E-state index contributed by atoms with van der Waals surface area (Å²) in [7, 11) is 0. The number of ketones is 1. The third-order valence-electron chi connectivity index (χ3n) is 3.63. The number of carbonyl (C=O) groups excluding carboxylic acids is 1. The van der Waals surface area contributed by atoms with Crippen LogP contribution in [0.25, 0.3) is 0 Å². The fourth-order valence-electron chi connectivity index (χ4n) is 2.60. The highest BCUT2D eigenvalue weighted by atomic mass is 16.3. The molecule has 2 nitrogen and oxygen atoms in total. The smallest absolute Gasteiger partial charge is 0.194 e. The van der Waals surface area contributed by atoms with Crippen molar-refractivity contribution >= 4 is 5.78 Å². The Hall–Kier alpha value is -1.15. The summed E-state index contributed by atoms with van der Waals surface area (Å²) in [6, 6.07) is 7.51. The quantitative estimate of drug-likeness (QED) is 0.627. The average molecular weight is 232 g/mol. The van der Waals surface area contributed by atoms with Crippen LogP contribution in [0, 0.1) is 6.92 Å². The van der Waals surface area contributed by atoms with Crippen molar-refractivity contribution in [1.29, 1.82) is 0 Å². The van der Waals surface area contributed by atoms with Crippen molar-refractivity contribution in [3.05, 3.63) is 35.4 Å². The SMILES string of the molecule is Cc1cccc(C(=O)C2(O)CCCCCC2)c1. The Labute approximate surface area is 103 Å². The van der Waals surface area contributed by atoms with Crippen LogP contribution in [0.1, 0.15) is 54.4 Å². The van der Waals surface area contributed by atoms with Gasteiger partial charge in [-0.25, -0.2) is 0 Å². The standard InChI is InChI=1S/C15H20O2/c1-12-7-6-8-13(11-12)14(16)15(17)9-4-2-3-5-10-15/h6-8,11,17H,2-5,9-10H2,1H3. The molecule has 1 saturated carbocycles. The molecule has 1 aromatic carbocycles. The van der Waals surface area contributed by atoms with E-state index in [1.807, 2.05) is 25.1 Å². The number of aryl methyl sites for hydroxylation is 1. The van der Waals surface area contributed by atoms with Gasteiger partial charge in [0, 0.05) is 5.56 Å². The summed E-state index contributed by atoms with van der Waals surface area (Å²) in [4.78, 5) is 12.4. The van der Waals surface area contributed by atoms with E-state index in [9.17, 15) is 9.90 Å². The summed E-state index contributed by atoms with van der Waals surface area (Å²) < 4.78 is 0. The predicted octanol–water partition coefficient (Wildman–Crippen LogP) is 3.26. The first kappa shape index (κ1) is 12.3. The van der Waals surface area contributed by atoms with Crippen LogP contribution in [0.4, 0.5) is 0 Å². The van der Waals surface area contributed by atoms with Gasteiger partial charge < -0.3 is 5.11 Å². The Bertz CT molecular complexity index is 401. The highest BCUT2D eigenvalue weighted by Gasteiger charge is 2.36. The molecule has 1 aliphatic rings. The molecule has 17 heavy (non-hydrogen) atoms. The zero-order chi connectivity index (χ0) is 12.3. The van der Waals surface area contributed by atoms with E-state index in [2.05, 4.69) is 0 Å². The number of carbonyl (C=O) groups is 1. The molecule has 1 aliphatic carbocycles. The number of hydrogen-bond acceptors (Lipinski definition) is 2. The fourth-order valence-corrected chi connectivity index (χ4v) is 2.60. The molecular weight excluding hydrogens is 212 g/mol. The van der Waals surface area contributed by atoms with Gasteiger partial charge in [-0.3, -0.25) is 4.79 Å². The van der Waals surface area contributed by atoms with Crippen molar-refractivity contribution in [3.8, 4) is 0 Å². The second-order valence-corrected chi connectivity index (χ2v) is 5.14. The first-order valence-corrected chi connectivity index (χ1v) is 6.46. The van der Waals surface area contributed by atoms with E-state index in [0.717, 1.165) is 31.2 Å². The van der Waals surface area contributed by atoms with Crippen LogP contribution in [-0.2, 0) is 0 Å². The van der Waals surface area contributed by atoms with Gasteiger partial charge in [-0.1, -0.05) is 49.4 Å². The predicted molar refractivity (Wildman–Crippen MR) is 68.2 cm³/mol. The third-order valence-corrected chi connectivity index (χ3v) is 3.63. The molecule has 0 aliphatic heterocycles. The van der Waals surface area contributed by atoms with Crippen molar-refractivity contribution in [2.75, 3.05) is 0 Å². The summed E-state index contributed by atoms with van der Waals surface area (Å²) in [5.41, 5.74) is 0.590. The lowest BCUT2D eigenvalue weighted by Crippen LogP contribution is -2.38. The van der Waals surface area contributed by atoms with Gasteiger partial charge in [-0.15, -0.1) is 0 Å². The highest BCUT2D eigenvalue weighted by molar-refractivity contribution is 6.02. The molecule has 0 heterocycles. The normalized spacial score (nSPS) is 19.6. The molecule has 0 unspecified atom stereocenters. The second kappa shape index (κ2) is 5.01. The molecule has 0 radical (unpaired) electrons. The van der Waals surface area contributed by atoms with E-state index in [-0.39, 0.29) is 5.78 Å². The number of Topliss-reactive ketones (excluding diaryl/α,β-unsaturated/α-hetero) is 1. The lowest BCUT2D eigenvalue weighted by molar-refractivity contribution is 0.0238. The maximum absolute atomic E-state index is 12.4. The maximum atomic E-state index is 12.4. The van der Waals surface area contributed by atoms with Gasteiger partial charge in [0.15, 0.2) is 5.78 Å². The Kier molecular flexibility index (Phi) is 3.63. The molecule has 0 saturated heterocycles. The van der Waals surface area contributed by atoms with Crippen LogP contribution < -0.4 is 0 Å². The molecule has 1 aromatic rings. The molecule has 0 atom stereocenters. The van der Waals surface area contributed by atoms with Crippen LogP contribution in [0.15, 0.2) is 24.3 Å². The molecule has 0 bridgehead atoms. The minimum Gasteiger partial charge on any atom is -0.382 e. The van der Waals surface area contributed by atoms with E-state index in [1.54, 1.807) is 6.07 Å². The molecule has 2 rings (SSSR count). The molecule has 92 valence electrons. The molecule has 0 spiro atoms. The Morgan fingerprint density at radius 1 is 1.18 bits per heavy atom. The number of benzene rings is 1. The summed E-state index contributed by atoms with van der Waals surface area (Å²) in [6.07, 6.45) is 5.38. The monoisotopic (exact) mass is 232 g/mol. The van der Waals surface area contributed by atoms with E-state index >= 15 is 0 Å². The average Bonchev–Trinajstić information content (AvgIpc) is 2.54. The summed E-state index contributed by atoms with van der Waals surface area (Å²) in [6.45, 7) is 1.97. The van der Waals surface area contributed by atoms with Crippen LogP contribution in [-0.4, -0.2) is 16.5 Å². The van der Waals surface area contributed by atoms with Crippen LogP contribution in [0.5, 0.6) is 0 Å². The first-order chi connectivity index (χ1) is 8.12. The fraction of sp³-hybridized carbons (Fsp3) is 0.533. The molecule has 2 heteroatoms. The van der Waals surface area contributed by atoms with Crippen LogP contribution >= 0.6 is 0 Å². The molecule has 1 fully saturated rings. The molecule has 1 N–H and O–H groups in total. The van der Waals surface area contributed by atoms with Crippen molar-refractivity contribution in [2.24, 2.45) is 0 Å². The molecular formula is C15H20O2. The summed E-state index contributed by atoms with van der Waals surface area (Å²) in [5, 5.41) is 10.5. The lowest BCUT2D eigenvalue weighted by Gasteiger charge is -2.25. The van der Waals surface area contributed by atoms with Crippen molar-refractivity contribution in [2.45, 2.75) is 51.0 Å². The summed E-state index contributed by atoms with van der Waals surface area (Å²) >= 11 is 0. The van der Waals surface area contributed by atoms with Gasteiger partial charge in [0.2, 0.25) is 0 Å². The Morgan fingerprint density at radius 2 is 1.82 bits per heavy atom. The van der Waals surface area contributed by atoms with E-state index in [0.29, 0.717) is 18.4 Å². The zero-order valence-electron chi connectivity index (χ0n) is 10.4. The van der Waals surface area contributed by atoms with Crippen molar-refractivity contribution in [3.63, 3.8) is 0 Å². The zero-order valence-corrected chi connectivity index (χ0v) is 10.4. The summed E-state index contributed by atoms with van der Waals surface area (Å²) in [5.74, 6) is -0.0944. The topological polar surface area (TPSA) is 37.3 Å². The van der Waals surface area contributed by atoms with E-state index < -0.39 is 5.60 Å². The lowest BCUT2D eigenvalue weighted by atomic mass is 9.86. The van der Waals surface area contributed by atoms with Gasteiger partial charge in [-0.05, 0) is 25.8 Å². The van der Waals surface area contributed by atoms with Crippen molar-refractivity contribution < 1.29 is 9.90 Å². The van der Waals surface area contributed by atoms with Gasteiger partial charge in [0.1, 0.15) is 5.60 Å². The Morgan fingerprint density at radius 3 is 2.41 bits per heavy atom. The van der Waals surface area contributed by atoms with Crippen molar-refractivity contribution in [1.82, 2.24) is 0 Å². The highest BCUT2D eigenvalue weighted by Crippen LogP contribution is 2.30. The minimum atomic E-state index is -1.12. The second-order valence-electron chi connectivity index (χ2n) is 5.14. The maximum Gasteiger partial charge on any atom is 0.194 e. The number of hydrogen-bond donors (Lipinski definition) is 1. The van der Waals surface area contributed by atoms with Gasteiger partial charge in [0.05, 0.1) is 0 Å². The first-order valence-electron chi connectivity index (χ1n) is 6.46. The van der Waals surface area contributed by atoms with Crippen LogP contribution in [0.3, 0.4) is 0 Å². The molecule has 0 amide bonds. The minimum absolute atomic E-state index is 0.0944. The van der Waals surface area contributed by atoms with Gasteiger partial charge >= 0.3 is 0 Å². The third kappa shape index (κ3) is 2.75. The largest absolute Gasteiger partial charge is 0.382 e. The Balaban J connectivity index is 2.23. The van der Waals surface area contributed by atoms with E-state index in [1.165, 1.54) is 0 Å². The number of rotatable bonds is 2. The van der Waals surface area contributed by atoms with Gasteiger partial charge in [-0.2, -0.15) is 0 Å².